The fourth-order valence-electron chi connectivity index (χ4n) is 1.80. The van der Waals surface area contributed by atoms with Gasteiger partial charge in [0.05, 0.1) is 0 Å². The van der Waals surface area contributed by atoms with Crippen LogP contribution >= 0.6 is 0 Å². The van der Waals surface area contributed by atoms with E-state index in [0.717, 1.165) is 19.1 Å². The van der Waals surface area contributed by atoms with Crippen molar-refractivity contribution in [3.8, 4) is 0 Å². The maximum atomic E-state index is 13.9. The number of nitrogens with one attached hydrogen (secondary N) is 1. The van der Waals surface area contributed by atoms with Crippen molar-refractivity contribution in [1.29, 1.82) is 0 Å². The smallest absolute Gasteiger partial charge is 0.310 e. The molecule has 1 aromatic rings. The fraction of sp³-hybridized carbons (Fsp3) is 0.364. The Bertz CT molecular complexity index is 518. The van der Waals surface area contributed by atoms with Crippen molar-refractivity contribution in [1.82, 2.24) is 0 Å². The van der Waals surface area contributed by atoms with Crippen molar-refractivity contribution in [2.75, 3.05) is 6.61 Å². The molecule has 1 heterocycles. The van der Waals surface area contributed by atoms with Crippen molar-refractivity contribution < 1.29 is 17.9 Å². The van der Waals surface area contributed by atoms with Crippen LogP contribution in [-0.2, 0) is 10.3 Å². The largest absolute Gasteiger partial charge is 0.699 e. The average molecular weight is 258 g/mol. The van der Waals surface area contributed by atoms with Crippen LogP contribution in [0.1, 0.15) is 12.5 Å². The van der Waals surface area contributed by atoms with Gasteiger partial charge in [0.1, 0.15) is 5.82 Å². The molecular formula is C11H11F3N3O-. The van der Waals surface area contributed by atoms with Crippen LogP contribution in [0.5, 0.6) is 0 Å². The Labute approximate surface area is 101 Å². The van der Waals surface area contributed by atoms with Crippen LogP contribution < -0.4 is 5.73 Å². The summed E-state index contributed by atoms with van der Waals surface area (Å²) in [6, 6.07) is 2.73. The first kappa shape index (κ1) is 12.5. The third kappa shape index (κ3) is 1.75. The lowest BCUT2D eigenvalue weighted by molar-refractivity contribution is -0.117. The molecule has 7 heteroatoms. The molecule has 1 aromatic carbocycles. The molecule has 1 aliphatic heterocycles. The molecule has 0 fully saturated rings. The van der Waals surface area contributed by atoms with Crippen LogP contribution in [0.3, 0.4) is 0 Å². The highest BCUT2D eigenvalue weighted by Crippen LogP contribution is 2.44. The summed E-state index contributed by atoms with van der Waals surface area (Å²) in [5, 5.41) is 0. The molecule has 0 radical (unpaired) electrons. The van der Waals surface area contributed by atoms with E-state index >= 15 is 0 Å². The van der Waals surface area contributed by atoms with Gasteiger partial charge >= 0.3 is 5.92 Å². The first-order valence-electron chi connectivity index (χ1n) is 5.14. The predicted octanol–water partition coefficient (Wildman–Crippen LogP) is 2.70. The Morgan fingerprint density at radius 1 is 1.44 bits per heavy atom. The highest BCUT2D eigenvalue weighted by atomic mass is 19.3. The number of hydrogen-bond acceptors (Lipinski definition) is 3. The average Bonchev–Trinajstić information content (AvgIpc) is 2.28. The van der Waals surface area contributed by atoms with Gasteiger partial charge in [-0.25, -0.2) is 9.38 Å². The monoisotopic (exact) mass is 258 g/mol. The molecule has 2 rings (SSSR count). The first-order chi connectivity index (χ1) is 8.26. The molecule has 3 N–H and O–H groups in total. The van der Waals surface area contributed by atoms with E-state index in [1.807, 2.05) is 0 Å². The van der Waals surface area contributed by atoms with E-state index in [4.69, 9.17) is 11.5 Å². The summed E-state index contributed by atoms with van der Waals surface area (Å²) in [6.07, 6.45) is 0. The van der Waals surface area contributed by atoms with Crippen molar-refractivity contribution in [3.63, 3.8) is 0 Å². The molecule has 0 saturated heterocycles. The molecule has 0 saturated carbocycles. The number of hydrogen-bond donors (Lipinski definition) is 1. The number of nitrogens with two attached hydrogens (primary N) is 1. The molecule has 4 nitrogen and oxygen atoms in total. The van der Waals surface area contributed by atoms with E-state index in [0.29, 0.717) is 0 Å². The van der Waals surface area contributed by atoms with Crippen LogP contribution in [0.2, 0.25) is 0 Å². The van der Waals surface area contributed by atoms with Crippen molar-refractivity contribution >= 4 is 11.7 Å². The van der Waals surface area contributed by atoms with Gasteiger partial charge in [0.2, 0.25) is 0 Å². The van der Waals surface area contributed by atoms with Gasteiger partial charge in [-0.3, -0.25) is 0 Å². The molecule has 1 atom stereocenters. The van der Waals surface area contributed by atoms with Crippen molar-refractivity contribution in [3.05, 3.63) is 35.3 Å². The Hall–Kier alpha value is -1.92. The summed E-state index contributed by atoms with van der Waals surface area (Å²) < 4.78 is 46.0. The topological polar surface area (TPSA) is 71.4 Å². The molecule has 0 bridgehead atoms. The number of nitrogens with zero attached hydrogens (tertiary/aromatic N) is 1. The van der Waals surface area contributed by atoms with Gasteiger partial charge in [-0.05, 0) is 13.0 Å². The summed E-state index contributed by atoms with van der Waals surface area (Å²) in [5.74, 6) is -4.27. The summed E-state index contributed by atoms with van der Waals surface area (Å²) in [5.41, 5.74) is 10.1. The minimum absolute atomic E-state index is 0.0799. The van der Waals surface area contributed by atoms with Crippen molar-refractivity contribution in [2.24, 2.45) is 10.7 Å². The zero-order chi connectivity index (χ0) is 13.6. The van der Waals surface area contributed by atoms with Gasteiger partial charge in [-0.15, -0.1) is 5.69 Å². The van der Waals surface area contributed by atoms with Gasteiger partial charge in [0.15, 0.2) is 12.1 Å². The Kier molecular flexibility index (Phi) is 2.64. The molecule has 1 aliphatic rings. The lowest BCUT2D eigenvalue weighted by atomic mass is 9.85. The van der Waals surface area contributed by atoms with Crippen LogP contribution in [0, 0.1) is 5.82 Å². The lowest BCUT2D eigenvalue weighted by Gasteiger charge is -2.37. The van der Waals surface area contributed by atoms with Crippen LogP contribution in [0.25, 0.3) is 5.73 Å². The number of aliphatic imine (C=N–C) groups is 1. The van der Waals surface area contributed by atoms with Gasteiger partial charge in [-0.2, -0.15) is 8.78 Å². The molecule has 98 valence electrons. The van der Waals surface area contributed by atoms with E-state index in [-0.39, 0.29) is 11.3 Å². The highest BCUT2D eigenvalue weighted by molar-refractivity contribution is 5.73. The lowest BCUT2D eigenvalue weighted by Crippen LogP contribution is -2.51. The SMILES string of the molecule is C[C@]1(c2cc([NH-])ccc2F)N=C(N)OCC1(F)F. The second kappa shape index (κ2) is 3.79. The van der Waals surface area contributed by atoms with Crippen LogP contribution in [-0.4, -0.2) is 18.6 Å². The number of amidine groups is 1. The third-order valence-corrected chi connectivity index (χ3v) is 2.94. The number of rotatable bonds is 1. The maximum Gasteiger partial charge on any atom is 0.310 e. The summed E-state index contributed by atoms with van der Waals surface area (Å²) in [6.45, 7) is 0.0980. The predicted molar refractivity (Wildman–Crippen MR) is 60.3 cm³/mol. The summed E-state index contributed by atoms with van der Waals surface area (Å²) >= 11 is 0. The molecule has 0 aromatic heterocycles. The molecule has 0 aliphatic carbocycles. The normalized spacial score (nSPS) is 26.3. The molecule has 0 spiro atoms. The zero-order valence-electron chi connectivity index (χ0n) is 9.51. The quantitative estimate of drug-likeness (QED) is 0.841. The fourth-order valence-corrected chi connectivity index (χ4v) is 1.80. The minimum atomic E-state index is -3.41. The summed E-state index contributed by atoms with van der Waals surface area (Å²) in [4.78, 5) is 3.54. The minimum Gasteiger partial charge on any atom is -0.699 e. The second-order valence-electron chi connectivity index (χ2n) is 4.21. The van der Waals surface area contributed by atoms with E-state index in [2.05, 4.69) is 9.73 Å². The van der Waals surface area contributed by atoms with Crippen molar-refractivity contribution in [2.45, 2.75) is 18.4 Å². The maximum absolute atomic E-state index is 13.9. The van der Waals surface area contributed by atoms with Gasteiger partial charge in [0.25, 0.3) is 6.02 Å². The number of ether oxygens (including phenoxy) is 1. The zero-order valence-corrected chi connectivity index (χ0v) is 9.51. The van der Waals surface area contributed by atoms with Gasteiger partial charge in [-0.1, -0.05) is 12.1 Å². The first-order valence-corrected chi connectivity index (χ1v) is 5.14. The van der Waals surface area contributed by atoms with E-state index < -0.39 is 29.9 Å². The molecular weight excluding hydrogens is 247 g/mol. The Balaban J connectivity index is 2.65. The third-order valence-electron chi connectivity index (χ3n) is 2.94. The summed E-state index contributed by atoms with van der Waals surface area (Å²) in [7, 11) is 0. The highest BCUT2D eigenvalue weighted by Gasteiger charge is 2.56. The second-order valence-corrected chi connectivity index (χ2v) is 4.21. The Morgan fingerprint density at radius 3 is 2.78 bits per heavy atom. The number of halogens is 3. The molecule has 0 amide bonds. The van der Waals surface area contributed by atoms with Crippen LogP contribution in [0.4, 0.5) is 18.9 Å². The van der Waals surface area contributed by atoms with Crippen LogP contribution in [0.15, 0.2) is 23.2 Å². The molecule has 0 unspecified atom stereocenters. The number of benzene rings is 1. The molecule has 18 heavy (non-hydrogen) atoms. The van der Waals surface area contributed by atoms with Gasteiger partial charge < -0.3 is 16.2 Å². The number of alkyl halides is 2. The standard InChI is InChI=1S/C11H11F3N3O/c1-10(7-4-6(15)2-3-8(7)12)11(13,14)5-18-9(16)17-10/h2-4,15H,5H2,1H3,(H2,16,17)/q-1/t10-/m1/s1. The van der Waals surface area contributed by atoms with Gasteiger partial charge in [0, 0.05) is 5.56 Å². The Morgan fingerprint density at radius 2 is 2.11 bits per heavy atom. The van der Waals surface area contributed by atoms with E-state index in [1.54, 1.807) is 0 Å². The van der Waals surface area contributed by atoms with E-state index in [1.165, 1.54) is 6.07 Å². The van der Waals surface area contributed by atoms with E-state index in [9.17, 15) is 13.2 Å².